The Hall–Kier alpha value is 0.357. The van der Waals surface area contributed by atoms with Gasteiger partial charge in [-0.05, 0) is 36.4 Å². The lowest BCUT2D eigenvalue weighted by atomic mass is 9.68. The largest absolute Gasteiger partial charge is 0.416 e. The summed E-state index contributed by atoms with van der Waals surface area (Å²) < 4.78 is 13.0. The first-order valence-electron chi connectivity index (χ1n) is 8.30. The zero-order valence-electron chi connectivity index (χ0n) is 13.7. The van der Waals surface area contributed by atoms with Crippen molar-refractivity contribution < 1.29 is 9.16 Å². The number of hydrogen-bond acceptors (Lipinski definition) is 2. The van der Waals surface area contributed by atoms with Crippen LogP contribution >= 0.6 is 15.9 Å². The molecular weight excluding hydrogens is 344 g/mol. The van der Waals surface area contributed by atoms with E-state index in [1.54, 1.807) is 0 Å². The van der Waals surface area contributed by atoms with Crippen LogP contribution in [0.15, 0.2) is 12.2 Å². The molecule has 0 aromatic rings. The zero-order chi connectivity index (χ0) is 15.2. The maximum atomic E-state index is 6.66. The maximum Gasteiger partial charge on any atom is 0.192 e. The van der Waals surface area contributed by atoms with Crippen LogP contribution in [-0.2, 0) is 9.16 Å². The third-order valence-electron chi connectivity index (χ3n) is 7.17. The van der Waals surface area contributed by atoms with E-state index < -0.39 is 8.32 Å². The van der Waals surface area contributed by atoms with E-state index in [-0.39, 0.29) is 10.5 Å². The molecule has 0 aromatic carbocycles. The topological polar surface area (TPSA) is 18.5 Å². The predicted molar refractivity (Wildman–Crippen MR) is 91.2 cm³/mol. The van der Waals surface area contributed by atoms with Crippen molar-refractivity contribution in [2.75, 3.05) is 6.61 Å². The van der Waals surface area contributed by atoms with Crippen LogP contribution in [0.25, 0.3) is 0 Å². The van der Waals surface area contributed by atoms with Crippen LogP contribution in [0, 0.1) is 23.2 Å². The van der Waals surface area contributed by atoms with Crippen LogP contribution in [-0.4, -0.2) is 32.0 Å². The standard InChI is InChI=1S/C17H27BrO2Si/c1-16(2,3)21(4,5)19-9-17-7-6-12-13(17)10-8-11(17)14(18)15(10)20-12/h6-7,10-15H,8-9H2,1-5H3/t10?,11?,12-,13?,14?,15?,17+/m1/s1. The highest BCUT2D eigenvalue weighted by Crippen LogP contribution is 2.70. The van der Waals surface area contributed by atoms with Crippen molar-refractivity contribution in [3.8, 4) is 0 Å². The molecule has 3 aliphatic carbocycles. The number of fused-ring (bicyclic) bond motifs is 2. The molecule has 21 heavy (non-hydrogen) atoms. The fourth-order valence-corrected chi connectivity index (χ4v) is 7.24. The normalized spacial score (nSPS) is 50.4. The van der Waals surface area contributed by atoms with Crippen molar-refractivity contribution in [2.24, 2.45) is 23.2 Å². The van der Waals surface area contributed by atoms with Crippen LogP contribution < -0.4 is 0 Å². The highest BCUT2D eigenvalue weighted by Gasteiger charge is 2.72. The zero-order valence-corrected chi connectivity index (χ0v) is 16.3. The first kappa shape index (κ1) is 14.9. The Morgan fingerprint density at radius 1 is 1.38 bits per heavy atom. The molecule has 1 aliphatic heterocycles. The maximum absolute atomic E-state index is 6.66. The fourth-order valence-electron chi connectivity index (χ4n) is 4.97. The lowest BCUT2D eigenvalue weighted by Crippen LogP contribution is -2.49. The van der Waals surface area contributed by atoms with Crippen LogP contribution in [0.1, 0.15) is 27.2 Å². The smallest absolute Gasteiger partial charge is 0.192 e. The highest BCUT2D eigenvalue weighted by atomic mass is 79.9. The van der Waals surface area contributed by atoms with E-state index in [9.17, 15) is 0 Å². The van der Waals surface area contributed by atoms with Gasteiger partial charge in [0.15, 0.2) is 8.32 Å². The average Bonchev–Trinajstić information content (AvgIpc) is 3.03. The fraction of sp³-hybridized carbons (Fsp3) is 0.882. The summed E-state index contributed by atoms with van der Waals surface area (Å²) in [6.07, 6.45) is 6.93. The molecule has 2 saturated carbocycles. The first-order valence-corrected chi connectivity index (χ1v) is 12.1. The molecule has 5 unspecified atom stereocenters. The number of hydrogen-bond donors (Lipinski definition) is 0. The van der Waals surface area contributed by atoms with Gasteiger partial charge in [0.05, 0.1) is 12.2 Å². The van der Waals surface area contributed by atoms with Gasteiger partial charge in [-0.3, -0.25) is 0 Å². The summed E-state index contributed by atoms with van der Waals surface area (Å²) in [5.74, 6) is 2.14. The monoisotopic (exact) mass is 370 g/mol. The third-order valence-corrected chi connectivity index (χ3v) is 12.8. The van der Waals surface area contributed by atoms with Gasteiger partial charge in [0.2, 0.25) is 0 Å². The van der Waals surface area contributed by atoms with E-state index in [0.29, 0.717) is 28.9 Å². The Morgan fingerprint density at radius 2 is 2.10 bits per heavy atom. The van der Waals surface area contributed by atoms with E-state index in [1.807, 2.05) is 0 Å². The van der Waals surface area contributed by atoms with Gasteiger partial charge >= 0.3 is 0 Å². The van der Waals surface area contributed by atoms with Crippen LogP contribution in [0.2, 0.25) is 18.1 Å². The van der Waals surface area contributed by atoms with Gasteiger partial charge in [0.25, 0.3) is 0 Å². The molecule has 4 rings (SSSR count). The second kappa shape index (κ2) is 4.25. The predicted octanol–water partition coefficient (Wildman–Crippen LogP) is 4.36. The molecule has 4 heteroatoms. The van der Waals surface area contributed by atoms with Gasteiger partial charge in [-0.1, -0.05) is 48.9 Å². The lowest BCUT2D eigenvalue weighted by molar-refractivity contribution is 0.0694. The number of ether oxygens (including phenoxy) is 1. The Balaban J connectivity index is 1.60. The Labute approximate surface area is 137 Å². The molecule has 4 aliphatic rings. The lowest BCUT2D eigenvalue weighted by Gasteiger charge is -2.44. The van der Waals surface area contributed by atoms with Crippen molar-refractivity contribution >= 4 is 24.2 Å². The van der Waals surface area contributed by atoms with E-state index in [2.05, 4.69) is 61.9 Å². The summed E-state index contributed by atoms with van der Waals surface area (Å²) in [6, 6.07) is 0. The summed E-state index contributed by atoms with van der Waals surface area (Å²) in [7, 11) is -1.69. The van der Waals surface area contributed by atoms with Crippen LogP contribution in [0.4, 0.5) is 0 Å². The van der Waals surface area contributed by atoms with E-state index >= 15 is 0 Å². The molecule has 7 atom stereocenters. The second-order valence-corrected chi connectivity index (χ2v) is 14.9. The van der Waals surface area contributed by atoms with Crippen LogP contribution in [0.3, 0.4) is 0 Å². The summed E-state index contributed by atoms with van der Waals surface area (Å²) >= 11 is 3.94. The Bertz CT molecular complexity index is 498. The Morgan fingerprint density at radius 3 is 2.76 bits per heavy atom. The van der Waals surface area contributed by atoms with Crippen molar-refractivity contribution in [3.63, 3.8) is 0 Å². The van der Waals surface area contributed by atoms with Gasteiger partial charge in [-0.25, -0.2) is 0 Å². The Kier molecular flexibility index (Phi) is 3.02. The van der Waals surface area contributed by atoms with Crippen molar-refractivity contribution in [1.29, 1.82) is 0 Å². The van der Waals surface area contributed by atoms with Gasteiger partial charge < -0.3 is 9.16 Å². The average molecular weight is 371 g/mol. The molecule has 3 fully saturated rings. The molecule has 0 aromatic heterocycles. The second-order valence-electron chi connectivity index (χ2n) is 9.06. The van der Waals surface area contributed by atoms with Gasteiger partial charge in [-0.15, -0.1) is 0 Å². The molecule has 2 bridgehead atoms. The van der Waals surface area contributed by atoms with Crippen molar-refractivity contribution in [3.05, 3.63) is 12.2 Å². The quantitative estimate of drug-likeness (QED) is 0.417. The first-order chi connectivity index (χ1) is 9.67. The van der Waals surface area contributed by atoms with Crippen LogP contribution in [0.5, 0.6) is 0 Å². The van der Waals surface area contributed by atoms with Crippen molar-refractivity contribution in [2.45, 2.75) is 62.4 Å². The molecule has 0 spiro atoms. The minimum atomic E-state index is -1.69. The number of rotatable bonds is 3. The van der Waals surface area contributed by atoms with E-state index in [4.69, 9.17) is 9.16 Å². The number of alkyl halides is 1. The summed E-state index contributed by atoms with van der Waals surface area (Å²) in [4.78, 5) is 0.525. The third kappa shape index (κ3) is 1.76. The minimum absolute atomic E-state index is 0.242. The van der Waals surface area contributed by atoms with Gasteiger partial charge in [0, 0.05) is 22.8 Å². The molecular formula is C17H27BrO2Si. The summed E-state index contributed by atoms with van der Waals surface area (Å²) in [5.41, 5.74) is 0.242. The number of halogens is 1. The molecule has 1 heterocycles. The molecule has 0 N–H and O–H groups in total. The SMILES string of the molecule is CC(C)(C)[Si](C)(C)OC[C@@]12C=C[C@H]3OC4C(Br)C1CC4C32. The molecule has 1 saturated heterocycles. The summed E-state index contributed by atoms with van der Waals surface area (Å²) in [5, 5.41) is 0.283. The highest BCUT2D eigenvalue weighted by molar-refractivity contribution is 9.09. The molecule has 118 valence electrons. The van der Waals surface area contributed by atoms with Crippen molar-refractivity contribution in [1.82, 2.24) is 0 Å². The van der Waals surface area contributed by atoms with E-state index in [0.717, 1.165) is 12.5 Å². The van der Waals surface area contributed by atoms with Gasteiger partial charge in [-0.2, -0.15) is 0 Å². The van der Waals surface area contributed by atoms with Gasteiger partial charge in [0.1, 0.15) is 0 Å². The minimum Gasteiger partial charge on any atom is -0.416 e. The summed E-state index contributed by atoms with van der Waals surface area (Å²) in [6.45, 7) is 12.6. The van der Waals surface area contributed by atoms with E-state index in [1.165, 1.54) is 6.42 Å². The molecule has 2 nitrogen and oxygen atoms in total. The molecule has 0 radical (unpaired) electrons. The molecule has 0 amide bonds.